The van der Waals surface area contributed by atoms with Gasteiger partial charge in [-0.1, -0.05) is 23.7 Å². The zero-order valence-electron chi connectivity index (χ0n) is 10.1. The number of aromatic nitrogens is 3. The number of nitrogens with one attached hydrogen (secondary N) is 1. The summed E-state index contributed by atoms with van der Waals surface area (Å²) in [5.41, 5.74) is 8.67. The van der Waals surface area contributed by atoms with Crippen molar-refractivity contribution in [2.45, 2.75) is 6.92 Å². The van der Waals surface area contributed by atoms with Crippen molar-refractivity contribution in [1.82, 2.24) is 15.2 Å². The van der Waals surface area contributed by atoms with Crippen LogP contribution < -0.4 is 5.73 Å². The topological polar surface area (TPSA) is 67.6 Å². The first-order valence-corrected chi connectivity index (χ1v) is 6.87. The van der Waals surface area contributed by atoms with Crippen LogP contribution in [-0.2, 0) is 0 Å². The highest BCUT2D eigenvalue weighted by molar-refractivity contribution is 7.15. The van der Waals surface area contributed by atoms with E-state index in [9.17, 15) is 0 Å². The van der Waals surface area contributed by atoms with E-state index in [-0.39, 0.29) is 0 Å². The Balaban J connectivity index is 2.07. The van der Waals surface area contributed by atoms with Gasteiger partial charge in [-0.25, -0.2) is 4.98 Å². The molecule has 0 radical (unpaired) electrons. The van der Waals surface area contributed by atoms with E-state index in [1.54, 1.807) is 17.5 Å². The summed E-state index contributed by atoms with van der Waals surface area (Å²) in [5.74, 6) is 0.538. The summed E-state index contributed by atoms with van der Waals surface area (Å²) in [7, 11) is 0. The molecule has 2 aromatic heterocycles. The summed E-state index contributed by atoms with van der Waals surface area (Å²) >= 11 is 7.50. The molecule has 2 heterocycles. The number of nitrogen functional groups attached to an aromatic ring is 1. The van der Waals surface area contributed by atoms with Crippen LogP contribution in [0.1, 0.15) is 4.88 Å². The first kappa shape index (κ1) is 12.2. The van der Waals surface area contributed by atoms with Gasteiger partial charge in [0.25, 0.3) is 0 Å². The smallest absolute Gasteiger partial charge is 0.129 e. The van der Waals surface area contributed by atoms with Gasteiger partial charge >= 0.3 is 0 Å². The van der Waals surface area contributed by atoms with Gasteiger partial charge in [-0.3, -0.25) is 5.10 Å². The predicted octanol–water partition coefficient (Wildman–Crippen LogP) is 3.74. The molecule has 4 nitrogen and oxygen atoms in total. The van der Waals surface area contributed by atoms with Crippen LogP contribution in [0.3, 0.4) is 0 Å². The molecule has 3 aromatic rings. The van der Waals surface area contributed by atoms with E-state index in [0.717, 1.165) is 31.7 Å². The van der Waals surface area contributed by atoms with Crippen LogP contribution in [0.15, 0.2) is 30.5 Å². The third kappa shape index (κ3) is 2.22. The third-order valence-electron chi connectivity index (χ3n) is 2.81. The number of halogens is 1. The van der Waals surface area contributed by atoms with Gasteiger partial charge in [0.15, 0.2) is 0 Å². The Bertz CT molecular complexity index is 715. The molecule has 0 saturated heterocycles. The quantitative estimate of drug-likeness (QED) is 0.755. The Kier molecular flexibility index (Phi) is 3.00. The maximum Gasteiger partial charge on any atom is 0.129 e. The number of aromatic amines is 1. The normalized spacial score (nSPS) is 10.8. The minimum absolute atomic E-state index is 0.538. The fourth-order valence-electron chi connectivity index (χ4n) is 1.85. The molecule has 0 atom stereocenters. The highest BCUT2D eigenvalue weighted by atomic mass is 35.5. The highest BCUT2D eigenvalue weighted by Crippen LogP contribution is 2.35. The van der Waals surface area contributed by atoms with Crippen molar-refractivity contribution in [1.29, 1.82) is 0 Å². The highest BCUT2D eigenvalue weighted by Gasteiger charge is 2.14. The number of benzene rings is 1. The van der Waals surface area contributed by atoms with Crippen LogP contribution >= 0.6 is 22.9 Å². The molecule has 0 aliphatic carbocycles. The molecule has 3 N–H and O–H groups in total. The molecule has 0 unspecified atom stereocenters. The van der Waals surface area contributed by atoms with Crippen molar-refractivity contribution in [2.24, 2.45) is 0 Å². The number of rotatable bonds is 2. The van der Waals surface area contributed by atoms with Crippen LogP contribution in [0, 0.1) is 6.92 Å². The van der Waals surface area contributed by atoms with E-state index in [1.165, 1.54) is 0 Å². The number of hydrogen-bond acceptors (Lipinski definition) is 4. The van der Waals surface area contributed by atoms with E-state index in [1.807, 2.05) is 31.2 Å². The van der Waals surface area contributed by atoms with E-state index in [2.05, 4.69) is 15.2 Å². The monoisotopic (exact) mass is 290 g/mol. The number of hydrogen-bond donors (Lipinski definition) is 2. The van der Waals surface area contributed by atoms with Crippen LogP contribution in [0.2, 0.25) is 5.02 Å². The largest absolute Gasteiger partial charge is 0.383 e. The van der Waals surface area contributed by atoms with Crippen molar-refractivity contribution in [3.8, 4) is 21.8 Å². The third-order valence-corrected chi connectivity index (χ3v) is 4.07. The molecule has 0 saturated carbocycles. The minimum Gasteiger partial charge on any atom is -0.383 e. The van der Waals surface area contributed by atoms with Crippen LogP contribution in [0.4, 0.5) is 5.82 Å². The summed E-state index contributed by atoms with van der Waals surface area (Å²) in [6.07, 6.45) is 1.69. The average molecular weight is 291 g/mol. The summed E-state index contributed by atoms with van der Waals surface area (Å²) in [6.45, 7) is 2.04. The van der Waals surface area contributed by atoms with Crippen molar-refractivity contribution >= 4 is 28.8 Å². The second kappa shape index (κ2) is 4.68. The van der Waals surface area contributed by atoms with Crippen molar-refractivity contribution in [2.75, 3.05) is 5.73 Å². The zero-order valence-corrected chi connectivity index (χ0v) is 11.7. The SMILES string of the molecule is Cc1sc(-c2cn[nH]c2N)nc1-c1ccc(Cl)cc1. The lowest BCUT2D eigenvalue weighted by atomic mass is 10.1. The van der Waals surface area contributed by atoms with Crippen LogP contribution in [0.25, 0.3) is 21.8 Å². The Hall–Kier alpha value is -1.85. The fourth-order valence-corrected chi connectivity index (χ4v) is 2.94. The van der Waals surface area contributed by atoms with Crippen molar-refractivity contribution in [3.05, 3.63) is 40.4 Å². The van der Waals surface area contributed by atoms with E-state index in [4.69, 9.17) is 17.3 Å². The number of H-pyrrole nitrogens is 1. The van der Waals surface area contributed by atoms with Gasteiger partial charge in [-0.2, -0.15) is 5.10 Å². The molecule has 0 amide bonds. The number of thiazole rings is 1. The molecule has 6 heteroatoms. The molecule has 0 aliphatic heterocycles. The average Bonchev–Trinajstić information content (AvgIpc) is 2.96. The lowest BCUT2D eigenvalue weighted by molar-refractivity contribution is 1.10. The molecule has 19 heavy (non-hydrogen) atoms. The second-order valence-corrected chi connectivity index (χ2v) is 5.77. The van der Waals surface area contributed by atoms with E-state index >= 15 is 0 Å². The number of nitrogens with zero attached hydrogens (tertiary/aromatic N) is 2. The standard InChI is InChI=1S/C13H11ClN4S/c1-7-11(8-2-4-9(14)5-3-8)17-13(19-7)10-6-16-18-12(10)15/h2-6H,1H3,(H3,15,16,18). The van der Waals surface area contributed by atoms with E-state index in [0.29, 0.717) is 5.82 Å². The second-order valence-electron chi connectivity index (χ2n) is 4.13. The summed E-state index contributed by atoms with van der Waals surface area (Å²) in [5, 5.41) is 8.23. The van der Waals surface area contributed by atoms with Crippen molar-refractivity contribution in [3.63, 3.8) is 0 Å². The Morgan fingerprint density at radius 2 is 2.00 bits per heavy atom. The Labute approximate surface area is 119 Å². The molecule has 3 rings (SSSR count). The summed E-state index contributed by atoms with van der Waals surface area (Å²) < 4.78 is 0. The van der Waals surface area contributed by atoms with Gasteiger partial charge in [0, 0.05) is 15.5 Å². The van der Waals surface area contributed by atoms with Gasteiger partial charge in [0.2, 0.25) is 0 Å². The lowest BCUT2D eigenvalue weighted by Crippen LogP contribution is -1.87. The first-order valence-electron chi connectivity index (χ1n) is 5.67. The summed E-state index contributed by atoms with van der Waals surface area (Å²) in [4.78, 5) is 5.79. The van der Waals surface area contributed by atoms with Crippen LogP contribution in [-0.4, -0.2) is 15.2 Å². The first-order chi connectivity index (χ1) is 9.15. The fraction of sp³-hybridized carbons (Fsp3) is 0.0769. The van der Waals surface area contributed by atoms with Gasteiger partial charge in [-0.15, -0.1) is 11.3 Å². The van der Waals surface area contributed by atoms with Gasteiger partial charge < -0.3 is 5.73 Å². The molecular formula is C13H11ClN4S. The molecule has 0 spiro atoms. The number of anilines is 1. The molecule has 1 aromatic carbocycles. The number of nitrogens with two attached hydrogens (primary N) is 1. The molecule has 0 aliphatic rings. The summed E-state index contributed by atoms with van der Waals surface area (Å²) in [6, 6.07) is 7.66. The van der Waals surface area contributed by atoms with Gasteiger partial charge in [0.1, 0.15) is 10.8 Å². The van der Waals surface area contributed by atoms with E-state index < -0.39 is 0 Å². The maximum atomic E-state index is 5.90. The molecule has 96 valence electrons. The Morgan fingerprint density at radius 1 is 1.26 bits per heavy atom. The molecule has 0 fully saturated rings. The maximum absolute atomic E-state index is 5.90. The minimum atomic E-state index is 0.538. The predicted molar refractivity (Wildman–Crippen MR) is 79.3 cm³/mol. The zero-order chi connectivity index (χ0) is 13.4. The van der Waals surface area contributed by atoms with Gasteiger partial charge in [0.05, 0.1) is 17.5 Å². The van der Waals surface area contributed by atoms with Crippen LogP contribution in [0.5, 0.6) is 0 Å². The lowest BCUT2D eigenvalue weighted by Gasteiger charge is -1.98. The Morgan fingerprint density at radius 3 is 2.63 bits per heavy atom. The van der Waals surface area contributed by atoms with Gasteiger partial charge in [-0.05, 0) is 19.1 Å². The number of aryl methyl sites for hydroxylation is 1. The van der Waals surface area contributed by atoms with Crippen molar-refractivity contribution < 1.29 is 0 Å². The molecule has 0 bridgehead atoms. The molecular weight excluding hydrogens is 280 g/mol.